The number of carbonyl (C=O) groups excluding carboxylic acids is 1. The van der Waals surface area contributed by atoms with Crippen LogP contribution >= 0.6 is 0 Å². The summed E-state index contributed by atoms with van der Waals surface area (Å²) in [6.45, 7) is 4.57. The summed E-state index contributed by atoms with van der Waals surface area (Å²) < 4.78 is 5.76. The Morgan fingerprint density at radius 2 is 1.83 bits per heavy atom. The van der Waals surface area contributed by atoms with Gasteiger partial charge in [0.25, 0.3) is 5.91 Å². The smallest absolute Gasteiger partial charge is 0.287 e. The van der Waals surface area contributed by atoms with Gasteiger partial charge in [-0.3, -0.25) is 14.5 Å². The molecule has 1 fully saturated rings. The van der Waals surface area contributed by atoms with Gasteiger partial charge in [0.05, 0.1) is 11.4 Å². The van der Waals surface area contributed by atoms with Crippen LogP contribution in [-0.4, -0.2) is 30.4 Å². The number of fused-ring (bicyclic) bond motifs is 1. The quantitative estimate of drug-likeness (QED) is 0.665. The SMILES string of the molecule is CCc1ccc2oc(C(=O)NC[C@@H](c3ccccc3)N3CCCCC3)cc(=O)c2c1. The highest BCUT2D eigenvalue weighted by Crippen LogP contribution is 2.24. The number of amides is 1. The van der Waals surface area contributed by atoms with Crippen molar-refractivity contribution in [3.05, 3.63) is 81.7 Å². The van der Waals surface area contributed by atoms with E-state index in [1.165, 1.54) is 30.9 Å². The van der Waals surface area contributed by atoms with Crippen LogP contribution in [0.4, 0.5) is 0 Å². The average molecular weight is 405 g/mol. The van der Waals surface area contributed by atoms with Gasteiger partial charge in [0.2, 0.25) is 0 Å². The van der Waals surface area contributed by atoms with E-state index in [1.54, 1.807) is 6.07 Å². The lowest BCUT2D eigenvalue weighted by molar-refractivity contribution is 0.0897. The van der Waals surface area contributed by atoms with Crippen molar-refractivity contribution in [1.29, 1.82) is 0 Å². The van der Waals surface area contributed by atoms with Gasteiger partial charge in [0.1, 0.15) is 5.58 Å². The van der Waals surface area contributed by atoms with Gasteiger partial charge in [-0.05, 0) is 55.6 Å². The minimum atomic E-state index is -0.355. The maximum atomic E-state index is 12.8. The first-order valence-electron chi connectivity index (χ1n) is 10.8. The zero-order valence-electron chi connectivity index (χ0n) is 17.4. The number of nitrogens with zero attached hydrogens (tertiary/aromatic N) is 1. The highest BCUT2D eigenvalue weighted by atomic mass is 16.3. The zero-order valence-corrected chi connectivity index (χ0v) is 17.4. The van der Waals surface area contributed by atoms with Gasteiger partial charge in [-0.15, -0.1) is 0 Å². The number of carbonyl (C=O) groups is 1. The first-order chi connectivity index (χ1) is 14.7. The normalized spacial score (nSPS) is 15.8. The van der Waals surface area contributed by atoms with Crippen LogP contribution in [-0.2, 0) is 6.42 Å². The number of piperidine rings is 1. The molecule has 156 valence electrons. The first-order valence-corrected chi connectivity index (χ1v) is 10.8. The van der Waals surface area contributed by atoms with Crippen LogP contribution in [0.2, 0.25) is 0 Å². The molecule has 1 amide bonds. The minimum absolute atomic E-state index is 0.0576. The predicted molar refractivity (Wildman–Crippen MR) is 119 cm³/mol. The van der Waals surface area contributed by atoms with Crippen molar-refractivity contribution in [3.63, 3.8) is 0 Å². The Morgan fingerprint density at radius 1 is 1.07 bits per heavy atom. The lowest BCUT2D eigenvalue weighted by Crippen LogP contribution is -2.40. The molecule has 2 heterocycles. The summed E-state index contributed by atoms with van der Waals surface area (Å²) in [5.74, 6) is -0.297. The molecule has 1 aliphatic rings. The maximum absolute atomic E-state index is 12.8. The maximum Gasteiger partial charge on any atom is 0.287 e. The van der Waals surface area contributed by atoms with Crippen molar-refractivity contribution < 1.29 is 9.21 Å². The molecule has 0 aliphatic carbocycles. The Labute approximate surface area is 176 Å². The van der Waals surface area contributed by atoms with Gasteiger partial charge in [-0.25, -0.2) is 0 Å². The summed E-state index contributed by atoms with van der Waals surface area (Å²) in [7, 11) is 0. The fourth-order valence-corrected chi connectivity index (χ4v) is 4.17. The molecule has 0 unspecified atom stereocenters. The monoisotopic (exact) mass is 404 g/mol. The molecule has 0 spiro atoms. The number of hydrogen-bond donors (Lipinski definition) is 1. The van der Waals surface area contributed by atoms with Gasteiger partial charge >= 0.3 is 0 Å². The first kappa shape index (κ1) is 20.4. The lowest BCUT2D eigenvalue weighted by Gasteiger charge is -2.35. The fourth-order valence-electron chi connectivity index (χ4n) is 4.17. The Balaban J connectivity index is 1.54. The second kappa shape index (κ2) is 9.26. The molecule has 1 atom stereocenters. The third-order valence-electron chi connectivity index (χ3n) is 5.90. The second-order valence-electron chi connectivity index (χ2n) is 7.89. The van der Waals surface area contributed by atoms with Crippen molar-refractivity contribution in [3.8, 4) is 0 Å². The van der Waals surface area contributed by atoms with Crippen molar-refractivity contribution in [1.82, 2.24) is 10.2 Å². The summed E-state index contributed by atoms with van der Waals surface area (Å²) in [4.78, 5) is 27.8. The highest BCUT2D eigenvalue weighted by molar-refractivity contribution is 5.93. The van der Waals surface area contributed by atoms with E-state index in [1.807, 2.05) is 37.3 Å². The Bertz CT molecular complexity index is 1070. The average Bonchev–Trinajstić information content (AvgIpc) is 2.80. The molecule has 2 aromatic carbocycles. The number of aryl methyl sites for hydroxylation is 1. The molecule has 1 aromatic heterocycles. The van der Waals surface area contributed by atoms with E-state index in [4.69, 9.17) is 4.42 Å². The van der Waals surface area contributed by atoms with Crippen LogP contribution in [0.15, 0.2) is 63.8 Å². The minimum Gasteiger partial charge on any atom is -0.451 e. The number of likely N-dealkylation sites (tertiary alicyclic amines) is 1. The van der Waals surface area contributed by atoms with Crippen molar-refractivity contribution in [2.45, 2.75) is 38.6 Å². The van der Waals surface area contributed by atoms with E-state index in [0.29, 0.717) is 17.5 Å². The summed E-state index contributed by atoms with van der Waals surface area (Å²) in [5, 5.41) is 3.51. The van der Waals surface area contributed by atoms with Gasteiger partial charge in [-0.2, -0.15) is 0 Å². The molecule has 0 saturated carbocycles. The van der Waals surface area contributed by atoms with E-state index in [2.05, 4.69) is 22.3 Å². The molecule has 30 heavy (non-hydrogen) atoms. The molecule has 0 radical (unpaired) electrons. The van der Waals surface area contributed by atoms with E-state index in [9.17, 15) is 9.59 Å². The van der Waals surface area contributed by atoms with Crippen LogP contribution < -0.4 is 10.7 Å². The summed E-state index contributed by atoms with van der Waals surface area (Å²) in [6, 6.07) is 17.2. The van der Waals surface area contributed by atoms with Crippen molar-refractivity contribution in [2.75, 3.05) is 19.6 Å². The van der Waals surface area contributed by atoms with Gasteiger partial charge in [0.15, 0.2) is 11.2 Å². The van der Waals surface area contributed by atoms with E-state index >= 15 is 0 Å². The Morgan fingerprint density at radius 3 is 2.57 bits per heavy atom. The molecule has 5 nitrogen and oxygen atoms in total. The van der Waals surface area contributed by atoms with Crippen LogP contribution in [0.1, 0.15) is 53.9 Å². The third-order valence-corrected chi connectivity index (χ3v) is 5.90. The highest BCUT2D eigenvalue weighted by Gasteiger charge is 2.23. The van der Waals surface area contributed by atoms with Crippen LogP contribution in [0, 0.1) is 0 Å². The molecule has 1 N–H and O–H groups in total. The third kappa shape index (κ3) is 4.46. The summed E-state index contributed by atoms with van der Waals surface area (Å²) >= 11 is 0. The van der Waals surface area contributed by atoms with Crippen LogP contribution in [0.5, 0.6) is 0 Å². The second-order valence-corrected chi connectivity index (χ2v) is 7.89. The fraction of sp³-hybridized carbons (Fsp3) is 0.360. The van der Waals surface area contributed by atoms with E-state index < -0.39 is 0 Å². The number of nitrogens with one attached hydrogen (secondary N) is 1. The van der Waals surface area contributed by atoms with E-state index in [0.717, 1.165) is 25.1 Å². The van der Waals surface area contributed by atoms with Crippen LogP contribution in [0.3, 0.4) is 0 Å². The van der Waals surface area contributed by atoms with Gasteiger partial charge < -0.3 is 9.73 Å². The topological polar surface area (TPSA) is 62.6 Å². The van der Waals surface area contributed by atoms with Crippen molar-refractivity contribution >= 4 is 16.9 Å². The number of rotatable bonds is 6. The largest absolute Gasteiger partial charge is 0.451 e. The van der Waals surface area contributed by atoms with Gasteiger partial charge in [-0.1, -0.05) is 49.7 Å². The number of hydrogen-bond acceptors (Lipinski definition) is 4. The summed E-state index contributed by atoms with van der Waals surface area (Å²) in [6.07, 6.45) is 4.45. The van der Waals surface area contributed by atoms with Crippen molar-refractivity contribution in [2.24, 2.45) is 0 Å². The molecule has 5 heteroatoms. The Kier molecular flexibility index (Phi) is 6.29. The van der Waals surface area contributed by atoms with Crippen LogP contribution in [0.25, 0.3) is 11.0 Å². The zero-order chi connectivity index (χ0) is 20.9. The molecule has 3 aromatic rings. The molecule has 1 aliphatic heterocycles. The predicted octanol–water partition coefficient (Wildman–Crippen LogP) is 4.31. The van der Waals surface area contributed by atoms with E-state index in [-0.39, 0.29) is 23.1 Å². The molecule has 4 rings (SSSR count). The van der Waals surface area contributed by atoms with Gasteiger partial charge in [0, 0.05) is 12.6 Å². The lowest BCUT2D eigenvalue weighted by atomic mass is 10.0. The Hall–Kier alpha value is -2.92. The molecular weight excluding hydrogens is 376 g/mol. The molecule has 0 bridgehead atoms. The molecular formula is C25H28N2O3. The standard InChI is InChI=1S/C25H28N2O3/c1-2-18-11-12-23-20(15-18)22(28)16-24(30-23)25(29)26-17-21(19-9-5-3-6-10-19)27-13-7-4-8-14-27/h3,5-6,9-12,15-16,21H,2,4,7-8,13-14,17H2,1H3,(H,26,29)/t21-/m0/s1. The summed E-state index contributed by atoms with van der Waals surface area (Å²) in [5.41, 5.74) is 2.51. The number of benzene rings is 2. The molecule has 1 saturated heterocycles.